The molecule has 7 heteroatoms. The second kappa shape index (κ2) is 9.09. The van der Waals surface area contributed by atoms with Crippen molar-refractivity contribution in [1.29, 1.82) is 0 Å². The lowest BCUT2D eigenvalue weighted by molar-refractivity contribution is -0.128. The SMILES string of the molecule is Cc1ccccc1CN(C)C(=O)CN(c1ccccc1)S(=O)(=O)c1ccc(F)cc1. The van der Waals surface area contributed by atoms with Gasteiger partial charge in [-0.3, -0.25) is 9.10 Å². The molecule has 156 valence electrons. The molecule has 0 fully saturated rings. The molecule has 3 aromatic rings. The Bertz CT molecular complexity index is 1120. The van der Waals surface area contributed by atoms with Crippen LogP contribution in [0.1, 0.15) is 11.1 Å². The number of hydrogen-bond acceptors (Lipinski definition) is 3. The number of halogens is 1. The normalized spacial score (nSPS) is 11.2. The van der Waals surface area contributed by atoms with Gasteiger partial charge in [0, 0.05) is 13.6 Å². The molecule has 0 spiro atoms. The van der Waals surface area contributed by atoms with Crippen LogP contribution in [0.25, 0.3) is 0 Å². The highest BCUT2D eigenvalue weighted by Gasteiger charge is 2.28. The van der Waals surface area contributed by atoms with E-state index in [1.54, 1.807) is 37.4 Å². The van der Waals surface area contributed by atoms with Crippen molar-refractivity contribution < 1.29 is 17.6 Å². The third-order valence-corrected chi connectivity index (χ3v) is 6.61. The number of anilines is 1. The van der Waals surface area contributed by atoms with Crippen molar-refractivity contribution in [3.05, 3.63) is 95.8 Å². The van der Waals surface area contributed by atoms with E-state index in [1.165, 1.54) is 17.0 Å². The standard InChI is InChI=1S/C23H23FN2O3S/c1-18-8-6-7-9-19(18)16-25(2)23(27)17-26(21-10-4-3-5-11-21)30(28,29)22-14-12-20(24)13-15-22/h3-15H,16-17H2,1-2H3. The summed E-state index contributed by atoms with van der Waals surface area (Å²) in [4.78, 5) is 14.4. The Balaban J connectivity index is 1.89. The van der Waals surface area contributed by atoms with Gasteiger partial charge in [-0.05, 0) is 54.4 Å². The molecule has 0 saturated heterocycles. The maximum Gasteiger partial charge on any atom is 0.264 e. The Hall–Kier alpha value is -3.19. The Morgan fingerprint density at radius 1 is 0.900 bits per heavy atom. The molecule has 0 aromatic heterocycles. The highest BCUT2D eigenvalue weighted by atomic mass is 32.2. The Kier molecular flexibility index (Phi) is 6.52. The average Bonchev–Trinajstić information content (AvgIpc) is 2.74. The molecule has 1 amide bonds. The van der Waals surface area contributed by atoms with Crippen molar-refractivity contribution in [2.75, 3.05) is 17.9 Å². The molecule has 0 radical (unpaired) electrons. The molecule has 0 heterocycles. The Morgan fingerprint density at radius 3 is 2.13 bits per heavy atom. The lowest BCUT2D eigenvalue weighted by atomic mass is 10.1. The van der Waals surface area contributed by atoms with Crippen LogP contribution in [0, 0.1) is 12.7 Å². The number of sulfonamides is 1. The number of carbonyl (C=O) groups excluding carboxylic acids is 1. The molecule has 0 N–H and O–H groups in total. The van der Waals surface area contributed by atoms with Crippen LogP contribution in [0.5, 0.6) is 0 Å². The van der Waals surface area contributed by atoms with Crippen LogP contribution in [-0.2, 0) is 21.4 Å². The third-order valence-electron chi connectivity index (χ3n) is 4.82. The zero-order valence-corrected chi connectivity index (χ0v) is 17.6. The van der Waals surface area contributed by atoms with Crippen LogP contribution in [0.4, 0.5) is 10.1 Å². The van der Waals surface area contributed by atoms with Gasteiger partial charge in [-0.1, -0.05) is 42.5 Å². The van der Waals surface area contributed by atoms with Crippen LogP contribution in [0.2, 0.25) is 0 Å². The number of likely N-dealkylation sites (N-methyl/N-ethyl adjacent to an activating group) is 1. The second-order valence-corrected chi connectivity index (χ2v) is 8.84. The van der Waals surface area contributed by atoms with Gasteiger partial charge >= 0.3 is 0 Å². The molecule has 3 aromatic carbocycles. The summed E-state index contributed by atoms with van der Waals surface area (Å²) in [5, 5.41) is 0. The minimum atomic E-state index is -4.06. The molecule has 0 bridgehead atoms. The van der Waals surface area contributed by atoms with Crippen LogP contribution in [0.15, 0.2) is 83.8 Å². The number of hydrogen-bond donors (Lipinski definition) is 0. The average molecular weight is 427 g/mol. The van der Waals surface area contributed by atoms with Crippen LogP contribution < -0.4 is 4.31 Å². The zero-order chi connectivity index (χ0) is 21.7. The summed E-state index contributed by atoms with van der Waals surface area (Å²) in [6.07, 6.45) is 0. The summed E-state index contributed by atoms with van der Waals surface area (Å²) >= 11 is 0. The Labute approximate surface area is 176 Å². The first-order chi connectivity index (χ1) is 14.3. The molecular formula is C23H23FN2O3S. The van der Waals surface area contributed by atoms with Gasteiger partial charge in [0.2, 0.25) is 5.91 Å². The maximum absolute atomic E-state index is 13.3. The number of aryl methyl sites for hydroxylation is 1. The topological polar surface area (TPSA) is 57.7 Å². The first-order valence-electron chi connectivity index (χ1n) is 9.41. The molecule has 3 rings (SSSR count). The lowest BCUT2D eigenvalue weighted by Crippen LogP contribution is -2.41. The summed E-state index contributed by atoms with van der Waals surface area (Å²) in [6.45, 7) is 1.96. The van der Waals surface area contributed by atoms with Crippen molar-refractivity contribution in [1.82, 2.24) is 4.90 Å². The van der Waals surface area contributed by atoms with E-state index in [2.05, 4.69) is 0 Å². The highest BCUT2D eigenvalue weighted by Crippen LogP contribution is 2.24. The first-order valence-corrected chi connectivity index (χ1v) is 10.8. The van der Waals surface area contributed by atoms with Crippen LogP contribution in [0.3, 0.4) is 0 Å². The van der Waals surface area contributed by atoms with Gasteiger partial charge in [0.25, 0.3) is 10.0 Å². The minimum Gasteiger partial charge on any atom is -0.340 e. The number of rotatable bonds is 7. The van der Waals surface area contributed by atoms with Gasteiger partial charge in [0.15, 0.2) is 0 Å². The van der Waals surface area contributed by atoms with Gasteiger partial charge in [0.05, 0.1) is 10.6 Å². The van der Waals surface area contributed by atoms with E-state index in [-0.39, 0.29) is 17.3 Å². The summed E-state index contributed by atoms with van der Waals surface area (Å²) in [5.41, 5.74) is 2.40. The molecule has 0 aliphatic heterocycles. The van der Waals surface area contributed by atoms with Crippen LogP contribution >= 0.6 is 0 Å². The number of carbonyl (C=O) groups is 1. The number of benzene rings is 3. The van der Waals surface area contributed by atoms with Crippen molar-refractivity contribution >= 4 is 21.6 Å². The highest BCUT2D eigenvalue weighted by molar-refractivity contribution is 7.92. The second-order valence-electron chi connectivity index (χ2n) is 6.98. The van der Waals surface area contributed by atoms with E-state index in [0.29, 0.717) is 12.2 Å². The largest absolute Gasteiger partial charge is 0.340 e. The number of amides is 1. The predicted molar refractivity (Wildman–Crippen MR) is 115 cm³/mol. The molecule has 5 nitrogen and oxygen atoms in total. The zero-order valence-electron chi connectivity index (χ0n) is 16.8. The van der Waals surface area contributed by atoms with E-state index in [1.807, 2.05) is 31.2 Å². The molecule has 0 unspecified atom stereocenters. The Morgan fingerprint density at radius 2 is 1.50 bits per heavy atom. The number of para-hydroxylation sites is 1. The van der Waals surface area contributed by atoms with E-state index < -0.39 is 15.8 Å². The van der Waals surface area contributed by atoms with Gasteiger partial charge in [0.1, 0.15) is 12.4 Å². The summed E-state index contributed by atoms with van der Waals surface area (Å²) in [7, 11) is -2.42. The van der Waals surface area contributed by atoms with Crippen molar-refractivity contribution in [2.45, 2.75) is 18.4 Å². The first kappa shape index (κ1) is 21.5. The van der Waals surface area contributed by atoms with Gasteiger partial charge in [-0.2, -0.15) is 0 Å². The molecule has 0 aliphatic rings. The minimum absolute atomic E-state index is 0.0814. The summed E-state index contributed by atoms with van der Waals surface area (Å²) in [5.74, 6) is -0.887. The fraction of sp³-hybridized carbons (Fsp3) is 0.174. The molecule has 0 atom stereocenters. The molecule has 30 heavy (non-hydrogen) atoms. The van der Waals surface area contributed by atoms with Crippen molar-refractivity contribution in [3.63, 3.8) is 0 Å². The fourth-order valence-corrected chi connectivity index (χ4v) is 4.43. The molecular weight excluding hydrogens is 403 g/mol. The van der Waals surface area contributed by atoms with E-state index in [4.69, 9.17) is 0 Å². The smallest absolute Gasteiger partial charge is 0.264 e. The van der Waals surface area contributed by atoms with E-state index in [9.17, 15) is 17.6 Å². The molecule has 0 aliphatic carbocycles. The third kappa shape index (κ3) is 4.86. The quantitative estimate of drug-likeness (QED) is 0.574. The van der Waals surface area contributed by atoms with Gasteiger partial charge < -0.3 is 4.90 Å². The van der Waals surface area contributed by atoms with Crippen molar-refractivity contribution in [2.24, 2.45) is 0 Å². The van der Waals surface area contributed by atoms with Gasteiger partial charge in [-0.25, -0.2) is 12.8 Å². The maximum atomic E-state index is 13.3. The lowest BCUT2D eigenvalue weighted by Gasteiger charge is -2.27. The monoisotopic (exact) mass is 426 g/mol. The van der Waals surface area contributed by atoms with Crippen molar-refractivity contribution in [3.8, 4) is 0 Å². The van der Waals surface area contributed by atoms with E-state index >= 15 is 0 Å². The molecule has 0 saturated carbocycles. The summed E-state index contributed by atoms with van der Waals surface area (Å²) in [6, 6.07) is 20.7. The fourth-order valence-electron chi connectivity index (χ4n) is 3.02. The van der Waals surface area contributed by atoms with Crippen LogP contribution in [-0.4, -0.2) is 32.8 Å². The van der Waals surface area contributed by atoms with Gasteiger partial charge in [-0.15, -0.1) is 0 Å². The summed E-state index contributed by atoms with van der Waals surface area (Å²) < 4.78 is 40.8. The number of nitrogens with zero attached hydrogens (tertiary/aromatic N) is 2. The van der Waals surface area contributed by atoms with E-state index in [0.717, 1.165) is 27.6 Å². The predicted octanol–water partition coefficient (Wildman–Crippen LogP) is 3.99.